The van der Waals surface area contributed by atoms with E-state index in [-0.39, 0.29) is 5.41 Å². The van der Waals surface area contributed by atoms with Crippen LogP contribution in [0.3, 0.4) is 0 Å². The first-order valence-electron chi connectivity index (χ1n) is 40.4. The molecule has 3 heteroatoms. The first-order chi connectivity index (χ1) is 54.5. The molecule has 5 aliphatic rings. The number of benzene rings is 15. The van der Waals surface area contributed by atoms with Gasteiger partial charge in [0, 0.05) is 55.0 Å². The first kappa shape index (κ1) is 64.8. The molecule has 17 aromatic rings. The number of anilines is 3. The predicted octanol–water partition coefficient (Wildman–Crippen LogP) is 29.6. The van der Waals surface area contributed by atoms with E-state index in [2.05, 4.69) is 340 Å². The molecule has 0 unspecified atom stereocenters. The van der Waals surface area contributed by atoms with E-state index in [0.717, 1.165) is 81.6 Å². The third-order valence-corrected chi connectivity index (χ3v) is 26.2. The molecule has 0 fully saturated rings. The second-order valence-electron chi connectivity index (χ2n) is 31.7. The molecule has 528 valence electrons. The van der Waals surface area contributed by atoms with Gasteiger partial charge in [-0.05, 0) is 201 Å². The second-order valence-corrected chi connectivity index (χ2v) is 31.7. The lowest BCUT2D eigenvalue weighted by Crippen LogP contribution is -2.27. The van der Waals surface area contributed by atoms with Gasteiger partial charge in [0.25, 0.3) is 0 Å². The maximum absolute atomic E-state index is 7.24. The van der Waals surface area contributed by atoms with Crippen molar-refractivity contribution in [3.63, 3.8) is 0 Å². The molecular formula is C107H83NO2. The number of nitrogens with zero attached hydrogens (tertiary/aromatic N) is 1. The fourth-order valence-corrected chi connectivity index (χ4v) is 21.6. The van der Waals surface area contributed by atoms with E-state index in [9.17, 15) is 0 Å². The summed E-state index contributed by atoms with van der Waals surface area (Å²) in [4.78, 5) is 2.71. The summed E-state index contributed by atoms with van der Waals surface area (Å²) in [6.45, 7) is 4.69. The highest BCUT2D eigenvalue weighted by atomic mass is 16.3. The van der Waals surface area contributed by atoms with Crippen LogP contribution in [0.15, 0.2) is 330 Å². The number of hydrogen-bond donors (Lipinski definition) is 0. The predicted molar refractivity (Wildman–Crippen MR) is 458 cm³/mol. The molecule has 0 N–H and O–H groups in total. The van der Waals surface area contributed by atoms with E-state index in [1.807, 2.05) is 0 Å². The highest BCUT2D eigenvalue weighted by Crippen LogP contribution is 2.70. The Balaban J connectivity index is 0.846. The molecule has 0 aliphatic heterocycles. The Morgan fingerprint density at radius 2 is 0.664 bits per heavy atom. The molecule has 0 saturated carbocycles. The smallest absolute Gasteiger partial charge is 0.143 e. The van der Waals surface area contributed by atoms with Gasteiger partial charge >= 0.3 is 0 Å². The highest BCUT2D eigenvalue weighted by Gasteiger charge is 2.57. The van der Waals surface area contributed by atoms with Gasteiger partial charge in [0.05, 0.1) is 16.5 Å². The van der Waals surface area contributed by atoms with Crippen molar-refractivity contribution in [3.05, 3.63) is 377 Å². The average Bonchev–Trinajstić information content (AvgIpc) is 1.48. The molecule has 0 atom stereocenters. The summed E-state index contributed by atoms with van der Waals surface area (Å²) in [6.07, 6.45) is 14.1. The topological polar surface area (TPSA) is 29.5 Å². The quantitative estimate of drug-likeness (QED) is 0.0802. The Morgan fingerprint density at radius 3 is 1.23 bits per heavy atom. The fourth-order valence-electron chi connectivity index (χ4n) is 21.6. The van der Waals surface area contributed by atoms with Crippen LogP contribution in [0.4, 0.5) is 17.1 Å². The minimum absolute atomic E-state index is 0.325. The van der Waals surface area contributed by atoms with E-state index in [4.69, 9.17) is 8.83 Å². The highest BCUT2D eigenvalue weighted by molar-refractivity contribution is 6.20. The monoisotopic (exact) mass is 1410 g/mol. The van der Waals surface area contributed by atoms with E-state index < -0.39 is 10.8 Å². The molecule has 2 heterocycles. The van der Waals surface area contributed by atoms with Gasteiger partial charge in [-0.1, -0.05) is 339 Å². The normalized spacial score (nSPS) is 14.2. The minimum Gasteiger partial charge on any atom is -0.456 e. The Hall–Kier alpha value is -12.3. The van der Waals surface area contributed by atoms with Gasteiger partial charge in [0.2, 0.25) is 0 Å². The van der Waals surface area contributed by atoms with Crippen LogP contribution < -0.4 is 4.90 Å². The molecule has 0 radical (unpaired) electrons. The molecule has 0 amide bonds. The molecule has 0 saturated heterocycles. The summed E-state index contributed by atoms with van der Waals surface area (Å²) in [5.74, 6) is 0. The van der Waals surface area contributed by atoms with E-state index in [0.29, 0.717) is 0 Å². The second kappa shape index (κ2) is 25.4. The van der Waals surface area contributed by atoms with Crippen LogP contribution in [0.5, 0.6) is 0 Å². The van der Waals surface area contributed by atoms with Gasteiger partial charge in [-0.25, -0.2) is 0 Å². The van der Waals surface area contributed by atoms with Crippen LogP contribution >= 0.6 is 0 Å². The lowest BCUT2D eigenvalue weighted by atomic mass is 9.68. The van der Waals surface area contributed by atoms with Crippen molar-refractivity contribution in [2.45, 2.75) is 107 Å². The summed E-state index contributed by atoms with van der Waals surface area (Å²) >= 11 is 0. The van der Waals surface area contributed by atoms with Gasteiger partial charge in [0.1, 0.15) is 22.3 Å². The van der Waals surface area contributed by atoms with Crippen LogP contribution in [0.25, 0.3) is 133 Å². The number of para-hydroxylation sites is 3. The molecule has 110 heavy (non-hydrogen) atoms. The number of rotatable bonds is 18. The Morgan fingerprint density at radius 1 is 0.255 bits per heavy atom. The molecule has 5 aliphatic carbocycles. The van der Waals surface area contributed by atoms with E-state index >= 15 is 0 Å². The first-order valence-corrected chi connectivity index (χ1v) is 40.4. The third-order valence-electron chi connectivity index (χ3n) is 26.2. The van der Waals surface area contributed by atoms with Crippen LogP contribution in [0.1, 0.15) is 147 Å². The number of fused-ring (bicyclic) bond motifs is 31. The van der Waals surface area contributed by atoms with Crippen LogP contribution in [-0.4, -0.2) is 0 Å². The average molecular weight is 1410 g/mol. The van der Waals surface area contributed by atoms with Crippen LogP contribution in [0.2, 0.25) is 0 Å². The van der Waals surface area contributed by atoms with Gasteiger partial charge in [-0.3, -0.25) is 0 Å². The molecule has 3 nitrogen and oxygen atoms in total. The zero-order valence-corrected chi connectivity index (χ0v) is 62.3. The van der Waals surface area contributed by atoms with Crippen molar-refractivity contribution in [1.82, 2.24) is 0 Å². The SMILES string of the molecule is CCCCCCCC1(CCCCCCC)c2cc(N(c3ccc4c(c3)C3(c5ccccc5-c5ccccc53)c3cc5c(cc3-4)C3(c4ccccc4-c4ccccc43)c3ccc4oc6ccccc6c4c3-5)c3c(-c4ccccc4)cccc3-c3ccccc3)ccc2-c2c1cc(-c1ccccc1)c1oc3ccccc3c21. The maximum Gasteiger partial charge on any atom is 0.143 e. The lowest BCUT2D eigenvalue weighted by molar-refractivity contribution is 0.399. The van der Waals surface area contributed by atoms with Crippen LogP contribution in [-0.2, 0) is 16.2 Å². The van der Waals surface area contributed by atoms with E-state index in [1.54, 1.807) is 0 Å². The molecule has 0 bridgehead atoms. The number of unbranched alkanes of at least 4 members (excludes halogenated alkanes) is 8. The molecule has 2 spiro atoms. The van der Waals surface area contributed by atoms with Gasteiger partial charge in [0.15, 0.2) is 0 Å². The fraction of sp³-hybridized carbons (Fsp3) is 0.159. The van der Waals surface area contributed by atoms with Crippen molar-refractivity contribution in [1.29, 1.82) is 0 Å². The summed E-state index contributed by atoms with van der Waals surface area (Å²) in [5, 5.41) is 4.72. The summed E-state index contributed by atoms with van der Waals surface area (Å²) < 4.78 is 14.2. The van der Waals surface area contributed by atoms with E-state index in [1.165, 1.54) is 201 Å². The number of furan rings is 2. The Bertz CT molecular complexity index is 6420. The van der Waals surface area contributed by atoms with Crippen molar-refractivity contribution >= 4 is 60.9 Å². The third kappa shape index (κ3) is 9.12. The summed E-state index contributed by atoms with van der Waals surface area (Å²) in [6, 6.07) is 123. The van der Waals surface area contributed by atoms with Crippen molar-refractivity contribution < 1.29 is 8.83 Å². The Labute approximate surface area is 643 Å². The maximum atomic E-state index is 7.24. The zero-order chi connectivity index (χ0) is 72.8. The molecule has 2 aromatic heterocycles. The van der Waals surface area contributed by atoms with Gasteiger partial charge in [-0.15, -0.1) is 0 Å². The van der Waals surface area contributed by atoms with Crippen molar-refractivity contribution in [2.24, 2.45) is 0 Å². The van der Waals surface area contributed by atoms with Gasteiger partial charge < -0.3 is 13.7 Å². The largest absolute Gasteiger partial charge is 0.456 e. The van der Waals surface area contributed by atoms with Crippen LogP contribution in [0, 0.1) is 0 Å². The summed E-state index contributed by atoms with van der Waals surface area (Å²) in [7, 11) is 0. The molecular weight excluding hydrogens is 1330 g/mol. The molecule has 15 aromatic carbocycles. The lowest BCUT2D eigenvalue weighted by Gasteiger charge is -2.36. The molecule has 22 rings (SSSR count). The zero-order valence-electron chi connectivity index (χ0n) is 62.3. The van der Waals surface area contributed by atoms with Gasteiger partial charge in [-0.2, -0.15) is 0 Å². The standard InChI is InChI=1S/C107H83NO2/c1-3-5-7-9-32-61-105(62-33-10-8-6-4-2)91-63-71(56-58-80(91)99-95(105)65-83(70-39-18-13-19-40-70)104-102(99)82-46-25-31-54-97(82)110-104)108(103-73(68-35-14-11-15-36-68)47-34-48-74(103)69-37-16-12-17-38-69)72-55-57-79-84-66-94-85(67-93(84)107(92(79)64-72)88-51-28-22-43-77(88)78-44-23-29-52-89(78)107)100-90(59-60-98-101(100)81-45-24-30-53-96(81)109-98)106(94)86-49-26-20-41-75(86)76-42-21-27-50-87(76)106/h11-31,34-60,63-67H,3-10,32-33,61-62H2,1-2H3. The van der Waals surface area contributed by atoms with Crippen molar-refractivity contribution in [2.75, 3.05) is 4.90 Å². The number of hydrogen-bond acceptors (Lipinski definition) is 3. The summed E-state index contributed by atoms with van der Waals surface area (Å²) in [5.41, 5.74) is 38.6. The van der Waals surface area contributed by atoms with Crippen molar-refractivity contribution in [3.8, 4) is 89.0 Å². The minimum atomic E-state index is -0.747. The Kier molecular flexibility index (Phi) is 15.0.